The van der Waals surface area contributed by atoms with Crippen LogP contribution in [0.1, 0.15) is 28.5 Å². The molecule has 1 nitrogen and oxygen atoms in total. The van der Waals surface area contributed by atoms with Crippen LogP contribution in [0.15, 0.2) is 34.1 Å². The van der Waals surface area contributed by atoms with Crippen LogP contribution in [0.5, 0.6) is 0 Å². The standard InChI is InChI=1S/C14H13BrFNS/c15-12-5-6-18-14(12)8-17-13-4-1-9-7-10(16)2-3-11(9)13/h2-3,5-7,13,17H,1,4,8H2. The van der Waals surface area contributed by atoms with E-state index in [-0.39, 0.29) is 5.82 Å². The molecule has 1 aromatic heterocycles. The Kier molecular flexibility index (Phi) is 3.50. The van der Waals surface area contributed by atoms with E-state index in [1.54, 1.807) is 23.5 Å². The van der Waals surface area contributed by atoms with Crippen molar-refractivity contribution in [3.63, 3.8) is 0 Å². The molecule has 3 rings (SSSR count). The minimum Gasteiger partial charge on any atom is -0.305 e. The molecule has 0 saturated carbocycles. The van der Waals surface area contributed by atoms with E-state index in [9.17, 15) is 4.39 Å². The van der Waals surface area contributed by atoms with E-state index in [0.29, 0.717) is 6.04 Å². The maximum Gasteiger partial charge on any atom is 0.123 e. The van der Waals surface area contributed by atoms with Crippen LogP contribution in [-0.4, -0.2) is 0 Å². The number of thiophene rings is 1. The maximum atomic E-state index is 13.1. The van der Waals surface area contributed by atoms with E-state index in [4.69, 9.17) is 0 Å². The Morgan fingerprint density at radius 3 is 3.06 bits per heavy atom. The van der Waals surface area contributed by atoms with Crippen molar-refractivity contribution in [2.75, 3.05) is 0 Å². The molecule has 1 heterocycles. The van der Waals surface area contributed by atoms with Gasteiger partial charge in [0.2, 0.25) is 0 Å². The molecule has 1 aliphatic rings. The Bertz CT molecular complexity index is 567. The van der Waals surface area contributed by atoms with Crippen molar-refractivity contribution >= 4 is 27.3 Å². The average Bonchev–Trinajstić information content (AvgIpc) is 2.93. The summed E-state index contributed by atoms with van der Waals surface area (Å²) in [5.41, 5.74) is 2.40. The van der Waals surface area contributed by atoms with Crippen molar-refractivity contribution in [2.45, 2.75) is 25.4 Å². The summed E-state index contributed by atoms with van der Waals surface area (Å²) in [6, 6.07) is 7.56. The second-order valence-electron chi connectivity index (χ2n) is 4.51. The fourth-order valence-electron chi connectivity index (χ4n) is 2.47. The number of halogens is 2. The van der Waals surface area contributed by atoms with Crippen molar-refractivity contribution < 1.29 is 4.39 Å². The molecule has 1 atom stereocenters. The van der Waals surface area contributed by atoms with Crippen LogP contribution in [-0.2, 0) is 13.0 Å². The lowest BCUT2D eigenvalue weighted by Crippen LogP contribution is -2.18. The molecule has 1 aliphatic carbocycles. The van der Waals surface area contributed by atoms with Crippen LogP contribution >= 0.6 is 27.3 Å². The molecule has 1 N–H and O–H groups in total. The van der Waals surface area contributed by atoms with E-state index >= 15 is 0 Å². The van der Waals surface area contributed by atoms with Gasteiger partial charge in [0, 0.05) is 21.9 Å². The topological polar surface area (TPSA) is 12.0 Å². The van der Waals surface area contributed by atoms with E-state index in [1.807, 2.05) is 6.07 Å². The minimum atomic E-state index is -0.129. The number of benzene rings is 1. The number of rotatable bonds is 3. The third-order valence-corrected chi connectivity index (χ3v) is 5.31. The van der Waals surface area contributed by atoms with Gasteiger partial charge in [0.25, 0.3) is 0 Å². The predicted octanol–water partition coefficient (Wildman–Crippen LogP) is 4.43. The van der Waals surface area contributed by atoms with Crippen LogP contribution in [0.4, 0.5) is 4.39 Å². The zero-order valence-corrected chi connectivity index (χ0v) is 12.2. The SMILES string of the molecule is Fc1ccc2c(c1)CCC2NCc1sccc1Br. The summed E-state index contributed by atoms with van der Waals surface area (Å²) >= 11 is 5.29. The molecule has 2 aromatic rings. The summed E-state index contributed by atoms with van der Waals surface area (Å²) in [6.07, 6.45) is 2.03. The largest absolute Gasteiger partial charge is 0.305 e. The quantitative estimate of drug-likeness (QED) is 0.880. The number of fused-ring (bicyclic) bond motifs is 1. The molecule has 0 radical (unpaired) electrons. The minimum absolute atomic E-state index is 0.129. The van der Waals surface area contributed by atoms with E-state index in [1.165, 1.54) is 10.4 Å². The Morgan fingerprint density at radius 1 is 1.39 bits per heavy atom. The van der Waals surface area contributed by atoms with Crippen LogP contribution in [0.2, 0.25) is 0 Å². The van der Waals surface area contributed by atoms with Crippen LogP contribution in [0.25, 0.3) is 0 Å². The first-order chi connectivity index (χ1) is 8.74. The number of hydrogen-bond acceptors (Lipinski definition) is 2. The Morgan fingerprint density at radius 2 is 2.28 bits per heavy atom. The molecule has 0 spiro atoms. The first kappa shape index (κ1) is 12.3. The third-order valence-electron chi connectivity index (χ3n) is 3.38. The lowest BCUT2D eigenvalue weighted by Gasteiger charge is -2.13. The van der Waals surface area contributed by atoms with Crippen LogP contribution in [0.3, 0.4) is 0 Å². The highest BCUT2D eigenvalue weighted by Gasteiger charge is 2.22. The van der Waals surface area contributed by atoms with Gasteiger partial charge in [0.05, 0.1) is 0 Å². The molecule has 1 unspecified atom stereocenters. The summed E-state index contributed by atoms with van der Waals surface area (Å²) in [5.74, 6) is -0.129. The van der Waals surface area contributed by atoms with Gasteiger partial charge in [-0.25, -0.2) is 4.39 Å². The van der Waals surface area contributed by atoms with Gasteiger partial charge in [-0.2, -0.15) is 0 Å². The Hall–Kier alpha value is -0.710. The van der Waals surface area contributed by atoms with Crippen molar-refractivity contribution in [3.8, 4) is 0 Å². The van der Waals surface area contributed by atoms with Gasteiger partial charge in [-0.05, 0) is 63.5 Å². The van der Waals surface area contributed by atoms with Crippen molar-refractivity contribution in [3.05, 3.63) is 55.9 Å². The summed E-state index contributed by atoms with van der Waals surface area (Å²) < 4.78 is 14.3. The highest BCUT2D eigenvalue weighted by Crippen LogP contribution is 2.32. The second kappa shape index (κ2) is 5.11. The van der Waals surface area contributed by atoms with Crippen LogP contribution in [0, 0.1) is 5.82 Å². The smallest absolute Gasteiger partial charge is 0.123 e. The molecule has 94 valence electrons. The highest BCUT2D eigenvalue weighted by molar-refractivity contribution is 9.10. The molecule has 0 amide bonds. The van der Waals surface area contributed by atoms with Crippen molar-refractivity contribution in [2.24, 2.45) is 0 Å². The highest BCUT2D eigenvalue weighted by atomic mass is 79.9. The summed E-state index contributed by atoms with van der Waals surface area (Å²) in [5, 5.41) is 5.64. The van der Waals surface area contributed by atoms with Gasteiger partial charge in [0.1, 0.15) is 5.82 Å². The number of aryl methyl sites for hydroxylation is 1. The fourth-order valence-corrected chi connectivity index (χ4v) is 3.91. The maximum absolute atomic E-state index is 13.1. The van der Waals surface area contributed by atoms with Gasteiger partial charge in [-0.3, -0.25) is 0 Å². The predicted molar refractivity (Wildman–Crippen MR) is 76.3 cm³/mol. The second-order valence-corrected chi connectivity index (χ2v) is 6.36. The first-order valence-corrected chi connectivity index (χ1v) is 7.65. The monoisotopic (exact) mass is 325 g/mol. The Balaban J connectivity index is 1.71. The van der Waals surface area contributed by atoms with Gasteiger partial charge in [-0.1, -0.05) is 6.07 Å². The molecular formula is C14H13BrFNS. The van der Waals surface area contributed by atoms with Gasteiger partial charge >= 0.3 is 0 Å². The van der Waals surface area contributed by atoms with Gasteiger partial charge < -0.3 is 5.32 Å². The molecule has 0 bridgehead atoms. The molecule has 0 aliphatic heterocycles. The molecule has 0 fully saturated rings. The average molecular weight is 326 g/mol. The van der Waals surface area contributed by atoms with Gasteiger partial charge in [0.15, 0.2) is 0 Å². The lowest BCUT2D eigenvalue weighted by atomic mass is 10.1. The third kappa shape index (κ3) is 2.37. The lowest BCUT2D eigenvalue weighted by molar-refractivity contribution is 0.532. The summed E-state index contributed by atoms with van der Waals surface area (Å²) in [4.78, 5) is 1.31. The van der Waals surface area contributed by atoms with Crippen molar-refractivity contribution in [1.29, 1.82) is 0 Å². The van der Waals surface area contributed by atoms with Gasteiger partial charge in [-0.15, -0.1) is 11.3 Å². The van der Waals surface area contributed by atoms with E-state index in [2.05, 4.69) is 32.7 Å². The Labute approximate surface area is 118 Å². The zero-order chi connectivity index (χ0) is 12.5. The normalized spacial score (nSPS) is 18.0. The number of nitrogens with one attached hydrogen (secondary N) is 1. The molecule has 18 heavy (non-hydrogen) atoms. The molecule has 1 aromatic carbocycles. The van der Waals surface area contributed by atoms with E-state index in [0.717, 1.165) is 29.4 Å². The van der Waals surface area contributed by atoms with E-state index < -0.39 is 0 Å². The number of hydrogen-bond donors (Lipinski definition) is 1. The summed E-state index contributed by atoms with van der Waals surface area (Å²) in [7, 11) is 0. The first-order valence-electron chi connectivity index (χ1n) is 5.97. The van der Waals surface area contributed by atoms with Crippen LogP contribution < -0.4 is 5.32 Å². The molecule has 0 saturated heterocycles. The molecular weight excluding hydrogens is 313 g/mol. The summed E-state index contributed by atoms with van der Waals surface area (Å²) in [6.45, 7) is 0.861. The fraction of sp³-hybridized carbons (Fsp3) is 0.286. The molecule has 4 heteroatoms. The van der Waals surface area contributed by atoms with Crippen molar-refractivity contribution in [1.82, 2.24) is 5.32 Å². The zero-order valence-electron chi connectivity index (χ0n) is 9.75.